The Kier molecular flexibility index (Phi) is 4.29. The van der Waals surface area contributed by atoms with Gasteiger partial charge in [-0.3, -0.25) is 14.5 Å². The average molecular weight is 476 g/mol. The quantitative estimate of drug-likeness (QED) is 0.581. The predicted molar refractivity (Wildman–Crippen MR) is 126 cm³/mol. The largest absolute Gasteiger partial charge is 0.504 e. The second-order valence-corrected chi connectivity index (χ2v) is 11.1. The number of carbonyl (C=O) groups excluding carboxylic acids is 2. The number of hydrogen-bond acceptors (Lipinski definition) is 7. The Balaban J connectivity index is 1.33. The Labute approximate surface area is 203 Å². The number of ketones is 1. The van der Waals surface area contributed by atoms with E-state index in [9.17, 15) is 19.8 Å². The first kappa shape index (κ1) is 21.3. The van der Waals surface area contributed by atoms with Crippen LogP contribution in [0.3, 0.4) is 0 Å². The Morgan fingerprint density at radius 2 is 2.14 bits per heavy atom. The van der Waals surface area contributed by atoms with E-state index in [1.165, 1.54) is 12.8 Å². The molecular formula is C27H29N3O5. The van der Waals surface area contributed by atoms with Crippen molar-refractivity contribution in [2.24, 2.45) is 11.8 Å². The van der Waals surface area contributed by atoms with Gasteiger partial charge in [0.25, 0.3) is 0 Å². The first-order valence-electron chi connectivity index (χ1n) is 12.6. The molecule has 8 heteroatoms. The van der Waals surface area contributed by atoms with Crippen molar-refractivity contribution >= 4 is 17.5 Å². The molecule has 1 unspecified atom stereocenters. The summed E-state index contributed by atoms with van der Waals surface area (Å²) < 4.78 is 6.20. The maximum atomic E-state index is 13.9. The molecule has 7 rings (SSSR count). The summed E-state index contributed by atoms with van der Waals surface area (Å²) in [6.45, 7) is 3.53. The van der Waals surface area contributed by atoms with E-state index in [1.807, 2.05) is 19.1 Å². The van der Waals surface area contributed by atoms with E-state index in [1.54, 1.807) is 18.3 Å². The number of rotatable bonds is 4. The van der Waals surface area contributed by atoms with Crippen LogP contribution in [0.1, 0.15) is 42.4 Å². The SMILES string of the molecule is Cc1cccnc1NC(=O)C1C[C@@]2(O)[C@H]3Cc4ccc(O)c5c4[C@@]2(CCN3CC2CC2)[C@@H](O5)C1=O. The van der Waals surface area contributed by atoms with Gasteiger partial charge in [0, 0.05) is 24.3 Å². The maximum absolute atomic E-state index is 13.9. The summed E-state index contributed by atoms with van der Waals surface area (Å²) in [5.74, 6) is -0.536. The maximum Gasteiger partial charge on any atom is 0.236 e. The van der Waals surface area contributed by atoms with Gasteiger partial charge < -0.3 is 20.3 Å². The lowest BCUT2D eigenvalue weighted by Crippen LogP contribution is -2.78. The van der Waals surface area contributed by atoms with Gasteiger partial charge in [-0.2, -0.15) is 0 Å². The number of nitrogens with one attached hydrogen (secondary N) is 1. The standard InChI is InChI=1S/C27H29N3O5/c1-14-3-2-9-28-24(14)29-25(33)17-12-27(34)19-11-16-6-7-18(31)22-20(16)26(27,23(35-22)21(17)32)8-10-30(19)13-15-4-5-15/h2-3,6-7,9,15,17,19,23,31,34H,4-5,8,10-13H2,1H3,(H,28,29,33)/t17?,19-,23+,26+,27-/m1/s1. The van der Waals surface area contributed by atoms with Gasteiger partial charge in [-0.05, 0) is 74.8 Å². The van der Waals surface area contributed by atoms with Crippen LogP contribution in [-0.4, -0.2) is 62.6 Å². The number of nitrogens with zero attached hydrogens (tertiary/aromatic N) is 2. The number of ether oxygens (including phenoxy) is 1. The van der Waals surface area contributed by atoms with Gasteiger partial charge in [-0.15, -0.1) is 0 Å². The zero-order chi connectivity index (χ0) is 24.1. The molecule has 182 valence electrons. The summed E-state index contributed by atoms with van der Waals surface area (Å²) in [5, 5.41) is 26.1. The molecule has 0 radical (unpaired) electrons. The molecule has 1 aromatic carbocycles. The highest BCUT2D eigenvalue weighted by Crippen LogP contribution is 2.65. The summed E-state index contributed by atoms with van der Waals surface area (Å²) in [6.07, 6.45) is 4.20. The predicted octanol–water partition coefficient (Wildman–Crippen LogP) is 2.09. The smallest absolute Gasteiger partial charge is 0.236 e. The molecule has 5 aliphatic rings. The monoisotopic (exact) mass is 475 g/mol. The van der Waals surface area contributed by atoms with E-state index in [-0.39, 0.29) is 24.0 Å². The number of carbonyl (C=O) groups is 2. The van der Waals surface area contributed by atoms with E-state index in [2.05, 4.69) is 15.2 Å². The summed E-state index contributed by atoms with van der Waals surface area (Å²) in [6, 6.07) is 6.93. The third-order valence-electron chi connectivity index (χ3n) is 9.20. The van der Waals surface area contributed by atoms with Crippen LogP contribution in [0.15, 0.2) is 30.5 Å². The Bertz CT molecular complexity index is 1280. The van der Waals surface area contributed by atoms with Crippen LogP contribution in [0.2, 0.25) is 0 Å². The molecule has 2 aromatic rings. The number of pyridine rings is 1. The van der Waals surface area contributed by atoms with Crippen molar-refractivity contribution in [1.82, 2.24) is 9.88 Å². The zero-order valence-corrected chi connectivity index (χ0v) is 19.7. The number of hydrogen-bond donors (Lipinski definition) is 3. The molecule has 3 fully saturated rings. The van der Waals surface area contributed by atoms with Crippen molar-refractivity contribution in [3.63, 3.8) is 0 Å². The normalized spacial score (nSPS) is 34.8. The number of piperidine rings is 1. The van der Waals surface area contributed by atoms with Crippen molar-refractivity contribution in [1.29, 1.82) is 0 Å². The molecule has 35 heavy (non-hydrogen) atoms. The molecule has 2 bridgehead atoms. The van der Waals surface area contributed by atoms with E-state index >= 15 is 0 Å². The number of aryl methyl sites for hydroxylation is 1. The molecule has 2 saturated carbocycles. The average Bonchev–Trinajstić information content (AvgIpc) is 3.57. The first-order chi connectivity index (χ1) is 16.8. The zero-order valence-electron chi connectivity index (χ0n) is 19.7. The summed E-state index contributed by atoms with van der Waals surface area (Å²) in [4.78, 5) is 34.0. The van der Waals surface area contributed by atoms with E-state index in [4.69, 9.17) is 4.74 Å². The summed E-state index contributed by atoms with van der Waals surface area (Å²) in [5.41, 5.74) is 0.319. The molecule has 1 saturated heterocycles. The van der Waals surface area contributed by atoms with Gasteiger partial charge in [0.2, 0.25) is 5.91 Å². The van der Waals surface area contributed by atoms with Gasteiger partial charge in [0.15, 0.2) is 23.4 Å². The molecule has 1 amide bonds. The van der Waals surface area contributed by atoms with Gasteiger partial charge in [0.05, 0.1) is 11.0 Å². The molecule has 3 N–H and O–H groups in total. The van der Waals surface area contributed by atoms with Gasteiger partial charge in [-0.1, -0.05) is 12.1 Å². The fourth-order valence-electron chi connectivity index (χ4n) is 7.34. The van der Waals surface area contributed by atoms with Crippen molar-refractivity contribution in [2.45, 2.75) is 62.2 Å². The molecular weight excluding hydrogens is 446 g/mol. The van der Waals surface area contributed by atoms with Crippen LogP contribution < -0.4 is 10.1 Å². The summed E-state index contributed by atoms with van der Waals surface area (Å²) in [7, 11) is 0. The van der Waals surface area contributed by atoms with Crippen molar-refractivity contribution in [3.05, 3.63) is 47.2 Å². The third-order valence-corrected chi connectivity index (χ3v) is 9.20. The topological polar surface area (TPSA) is 112 Å². The highest BCUT2D eigenvalue weighted by molar-refractivity contribution is 6.10. The number of phenols is 1. The highest BCUT2D eigenvalue weighted by Gasteiger charge is 2.75. The van der Waals surface area contributed by atoms with Crippen LogP contribution in [0.5, 0.6) is 11.5 Å². The molecule has 2 aliphatic heterocycles. The van der Waals surface area contributed by atoms with Gasteiger partial charge in [0.1, 0.15) is 11.7 Å². The molecule has 3 aliphatic carbocycles. The third kappa shape index (κ3) is 2.72. The number of aliphatic hydroxyl groups is 1. The molecule has 8 nitrogen and oxygen atoms in total. The Morgan fingerprint density at radius 3 is 2.91 bits per heavy atom. The first-order valence-corrected chi connectivity index (χ1v) is 12.6. The van der Waals surface area contributed by atoms with Crippen LogP contribution in [0.4, 0.5) is 5.82 Å². The number of aromatic hydroxyl groups is 1. The summed E-state index contributed by atoms with van der Waals surface area (Å²) >= 11 is 0. The van der Waals surface area contributed by atoms with Crippen molar-refractivity contribution < 1.29 is 24.5 Å². The second-order valence-electron chi connectivity index (χ2n) is 11.1. The van der Waals surface area contributed by atoms with E-state index in [0.717, 1.165) is 29.8 Å². The number of likely N-dealkylation sites (tertiary alicyclic amines) is 1. The number of benzene rings is 1. The van der Waals surface area contributed by atoms with Crippen LogP contribution in [0, 0.1) is 18.8 Å². The number of amides is 1. The lowest BCUT2D eigenvalue weighted by atomic mass is 9.47. The molecule has 3 heterocycles. The lowest BCUT2D eigenvalue weighted by molar-refractivity contribution is -0.197. The Hall–Kier alpha value is -2.97. The van der Waals surface area contributed by atoms with Crippen LogP contribution >= 0.6 is 0 Å². The minimum Gasteiger partial charge on any atom is -0.504 e. The number of phenolic OH excluding ortho intramolecular Hbond substituents is 1. The van der Waals surface area contributed by atoms with Gasteiger partial charge >= 0.3 is 0 Å². The molecule has 1 aromatic heterocycles. The second kappa shape index (κ2) is 7.04. The minimum atomic E-state index is -1.33. The van der Waals surface area contributed by atoms with E-state index in [0.29, 0.717) is 30.3 Å². The van der Waals surface area contributed by atoms with Crippen LogP contribution in [-0.2, 0) is 21.4 Å². The minimum absolute atomic E-state index is 0.0216. The fraction of sp³-hybridized carbons (Fsp3) is 0.519. The highest BCUT2D eigenvalue weighted by atomic mass is 16.5. The Morgan fingerprint density at radius 1 is 1.31 bits per heavy atom. The van der Waals surface area contributed by atoms with Crippen molar-refractivity contribution in [3.8, 4) is 11.5 Å². The number of anilines is 1. The fourth-order valence-corrected chi connectivity index (χ4v) is 7.34. The number of Topliss-reactive ketones (excluding diaryl/α,β-unsaturated/α-hetero) is 1. The molecule has 5 atom stereocenters. The molecule has 1 spiro atoms. The number of aromatic nitrogens is 1. The lowest BCUT2D eigenvalue weighted by Gasteiger charge is -2.63. The van der Waals surface area contributed by atoms with Gasteiger partial charge in [-0.25, -0.2) is 4.98 Å². The van der Waals surface area contributed by atoms with Crippen molar-refractivity contribution in [2.75, 3.05) is 18.4 Å². The van der Waals surface area contributed by atoms with Crippen LogP contribution in [0.25, 0.3) is 0 Å². The van der Waals surface area contributed by atoms with E-state index < -0.39 is 28.9 Å².